The smallest absolute Gasteiger partial charge is 0.248 e. The summed E-state index contributed by atoms with van der Waals surface area (Å²) in [7, 11) is -2.47. The summed E-state index contributed by atoms with van der Waals surface area (Å²) in [5.41, 5.74) is -0.567. The predicted octanol–water partition coefficient (Wildman–Crippen LogP) is -0.0909. The van der Waals surface area contributed by atoms with E-state index in [2.05, 4.69) is 4.98 Å². The molecule has 16 heavy (non-hydrogen) atoms. The van der Waals surface area contributed by atoms with Gasteiger partial charge >= 0.3 is 0 Å². The second-order valence-corrected chi connectivity index (χ2v) is 5.12. The van der Waals surface area contributed by atoms with Gasteiger partial charge in [0.05, 0.1) is 6.07 Å². The largest absolute Gasteiger partial charge is 0.366 e. The van der Waals surface area contributed by atoms with Crippen LogP contribution in [-0.2, 0) is 10.0 Å². The molecule has 0 amide bonds. The van der Waals surface area contributed by atoms with Gasteiger partial charge in [-0.05, 0) is 0 Å². The van der Waals surface area contributed by atoms with Crippen LogP contribution in [0.5, 0.6) is 0 Å². The Morgan fingerprint density at radius 3 is 2.81 bits per heavy atom. The lowest BCUT2D eigenvalue weighted by molar-refractivity contribution is 0.475. The molecule has 0 radical (unpaired) electrons. The maximum absolute atomic E-state index is 11.9. The molecule has 1 aromatic rings. The first-order valence-electron chi connectivity index (χ1n) is 4.50. The average molecular weight is 241 g/mol. The van der Waals surface area contributed by atoms with Crippen molar-refractivity contribution in [3.63, 3.8) is 0 Å². The van der Waals surface area contributed by atoms with Gasteiger partial charge in [0.2, 0.25) is 15.5 Å². The number of nitrogens with one attached hydrogen (secondary N) is 1. The number of aromatic nitrogens is 1. The van der Waals surface area contributed by atoms with Gasteiger partial charge in [-0.25, -0.2) is 8.42 Å². The van der Waals surface area contributed by atoms with Gasteiger partial charge < -0.3 is 4.98 Å². The molecule has 0 aliphatic heterocycles. The van der Waals surface area contributed by atoms with Gasteiger partial charge in [0, 0.05) is 38.5 Å². The molecule has 7 heteroatoms. The maximum atomic E-state index is 11.9. The van der Waals surface area contributed by atoms with E-state index < -0.39 is 15.5 Å². The van der Waals surface area contributed by atoms with Crippen molar-refractivity contribution in [2.24, 2.45) is 0 Å². The zero-order valence-electron chi connectivity index (χ0n) is 8.67. The lowest BCUT2D eigenvalue weighted by Crippen LogP contribution is -2.31. The normalized spacial score (nSPS) is 11.3. The first-order valence-corrected chi connectivity index (χ1v) is 5.94. The molecule has 86 valence electrons. The van der Waals surface area contributed by atoms with E-state index in [0.717, 1.165) is 16.6 Å². The van der Waals surface area contributed by atoms with E-state index in [1.807, 2.05) is 6.07 Å². The van der Waals surface area contributed by atoms with Gasteiger partial charge in [-0.1, -0.05) is 0 Å². The highest BCUT2D eigenvalue weighted by Gasteiger charge is 2.22. The number of nitriles is 1. The lowest BCUT2D eigenvalue weighted by Gasteiger charge is -2.14. The van der Waals surface area contributed by atoms with Gasteiger partial charge in [-0.2, -0.15) is 9.57 Å². The molecule has 0 saturated heterocycles. The highest BCUT2D eigenvalue weighted by molar-refractivity contribution is 7.89. The second-order valence-electron chi connectivity index (χ2n) is 3.11. The monoisotopic (exact) mass is 241 g/mol. The predicted molar refractivity (Wildman–Crippen MR) is 57.1 cm³/mol. The molecule has 0 aliphatic rings. The van der Waals surface area contributed by atoms with E-state index in [0.29, 0.717) is 0 Å². The number of sulfonamides is 1. The fourth-order valence-corrected chi connectivity index (χ4v) is 2.30. The third-order valence-corrected chi connectivity index (χ3v) is 3.89. The van der Waals surface area contributed by atoms with Crippen molar-refractivity contribution in [2.45, 2.75) is 11.3 Å². The summed E-state index contributed by atoms with van der Waals surface area (Å²) in [6, 6.07) is 2.99. The summed E-state index contributed by atoms with van der Waals surface area (Å²) in [5, 5.41) is 8.37. The topological polar surface area (TPSA) is 94.0 Å². The Morgan fingerprint density at radius 2 is 2.25 bits per heavy atom. The molecule has 0 aliphatic carbocycles. The highest BCUT2D eigenvalue weighted by atomic mass is 32.2. The van der Waals surface area contributed by atoms with E-state index in [1.54, 1.807) is 0 Å². The Bertz CT molecular complexity index is 556. The summed E-state index contributed by atoms with van der Waals surface area (Å²) in [5.74, 6) is 0. The van der Waals surface area contributed by atoms with Crippen LogP contribution in [-0.4, -0.2) is 31.3 Å². The van der Waals surface area contributed by atoms with Gasteiger partial charge in [-0.3, -0.25) is 4.79 Å². The zero-order chi connectivity index (χ0) is 12.2. The summed E-state index contributed by atoms with van der Waals surface area (Å²) in [6.45, 7) is 0.0627. The van der Waals surface area contributed by atoms with Crippen LogP contribution in [0.15, 0.2) is 28.2 Å². The zero-order valence-corrected chi connectivity index (χ0v) is 9.49. The SMILES string of the molecule is CN(CCC#N)S(=O)(=O)c1c[nH]ccc1=O. The van der Waals surface area contributed by atoms with Crippen molar-refractivity contribution in [1.82, 2.24) is 9.29 Å². The molecular weight excluding hydrogens is 230 g/mol. The van der Waals surface area contributed by atoms with Crippen LogP contribution in [0.1, 0.15) is 6.42 Å². The number of pyridine rings is 1. The van der Waals surface area contributed by atoms with Gasteiger partial charge in [0.15, 0.2) is 0 Å². The minimum Gasteiger partial charge on any atom is -0.366 e. The standard InChI is InChI=1S/C9H11N3O3S/c1-12(6-2-4-10)16(14,15)9-7-11-5-3-8(9)13/h3,5,7H,2,6H2,1H3,(H,11,13). The molecule has 1 aromatic heterocycles. The summed E-state index contributed by atoms with van der Waals surface area (Å²) >= 11 is 0. The molecule has 1 heterocycles. The number of H-pyrrole nitrogens is 1. The summed E-state index contributed by atoms with van der Waals surface area (Å²) < 4.78 is 24.7. The van der Waals surface area contributed by atoms with Crippen molar-refractivity contribution in [2.75, 3.05) is 13.6 Å². The van der Waals surface area contributed by atoms with Crippen LogP contribution in [0.4, 0.5) is 0 Å². The minimum atomic E-state index is -3.80. The van der Waals surface area contributed by atoms with E-state index in [1.165, 1.54) is 13.2 Å². The van der Waals surface area contributed by atoms with Crippen LogP contribution in [0.25, 0.3) is 0 Å². The van der Waals surface area contributed by atoms with E-state index >= 15 is 0 Å². The molecule has 0 atom stereocenters. The third-order valence-electron chi connectivity index (χ3n) is 2.01. The van der Waals surface area contributed by atoms with Crippen LogP contribution < -0.4 is 5.43 Å². The first kappa shape index (κ1) is 12.4. The number of hydrogen-bond donors (Lipinski definition) is 1. The van der Waals surface area contributed by atoms with Crippen molar-refractivity contribution < 1.29 is 8.42 Å². The van der Waals surface area contributed by atoms with Crippen LogP contribution in [0, 0.1) is 11.3 Å². The molecule has 6 nitrogen and oxygen atoms in total. The van der Waals surface area contributed by atoms with Gasteiger partial charge in [0.1, 0.15) is 4.90 Å². The van der Waals surface area contributed by atoms with Crippen molar-refractivity contribution in [3.8, 4) is 6.07 Å². The number of aromatic amines is 1. The molecule has 1 N–H and O–H groups in total. The van der Waals surface area contributed by atoms with Crippen molar-refractivity contribution >= 4 is 10.0 Å². The quantitative estimate of drug-likeness (QED) is 0.797. The molecule has 0 bridgehead atoms. The molecular formula is C9H11N3O3S. The van der Waals surface area contributed by atoms with Gasteiger partial charge in [0.25, 0.3) is 0 Å². The number of rotatable bonds is 4. The van der Waals surface area contributed by atoms with E-state index in [4.69, 9.17) is 5.26 Å². The molecule has 0 saturated carbocycles. The molecule has 1 rings (SSSR count). The third kappa shape index (κ3) is 2.48. The Kier molecular flexibility index (Phi) is 3.82. The van der Waals surface area contributed by atoms with E-state index in [-0.39, 0.29) is 17.9 Å². The fraction of sp³-hybridized carbons (Fsp3) is 0.333. The lowest BCUT2D eigenvalue weighted by atomic mass is 10.5. The molecule has 0 spiro atoms. The average Bonchev–Trinajstić information content (AvgIpc) is 2.26. The first-order chi connectivity index (χ1) is 7.50. The van der Waals surface area contributed by atoms with Crippen LogP contribution in [0.3, 0.4) is 0 Å². The maximum Gasteiger partial charge on any atom is 0.248 e. The molecule has 0 unspecified atom stereocenters. The Morgan fingerprint density at radius 1 is 1.56 bits per heavy atom. The number of nitrogens with zero attached hydrogens (tertiary/aromatic N) is 2. The van der Waals surface area contributed by atoms with E-state index in [9.17, 15) is 13.2 Å². The van der Waals surface area contributed by atoms with Crippen LogP contribution >= 0.6 is 0 Å². The minimum absolute atomic E-state index is 0.0627. The number of hydrogen-bond acceptors (Lipinski definition) is 4. The fourth-order valence-electron chi connectivity index (χ4n) is 1.10. The van der Waals surface area contributed by atoms with Crippen molar-refractivity contribution in [3.05, 3.63) is 28.7 Å². The Hall–Kier alpha value is -1.65. The molecule has 0 aromatic carbocycles. The van der Waals surface area contributed by atoms with Crippen LogP contribution in [0.2, 0.25) is 0 Å². The second kappa shape index (κ2) is 4.92. The molecule has 0 fully saturated rings. The highest BCUT2D eigenvalue weighted by Crippen LogP contribution is 2.08. The summed E-state index contributed by atoms with van der Waals surface area (Å²) in [4.78, 5) is 13.6. The van der Waals surface area contributed by atoms with Gasteiger partial charge in [-0.15, -0.1) is 0 Å². The Labute approximate surface area is 93.2 Å². The van der Waals surface area contributed by atoms with Crippen molar-refractivity contribution in [1.29, 1.82) is 5.26 Å². The summed E-state index contributed by atoms with van der Waals surface area (Å²) in [6.07, 6.45) is 2.58. The Balaban J connectivity index is 3.09.